The van der Waals surface area contributed by atoms with Crippen molar-refractivity contribution in [3.8, 4) is 0 Å². The highest BCUT2D eigenvalue weighted by molar-refractivity contribution is 6.03. The van der Waals surface area contributed by atoms with Crippen molar-refractivity contribution in [1.82, 2.24) is 0 Å². The van der Waals surface area contributed by atoms with Gasteiger partial charge in [-0.3, -0.25) is 9.59 Å². The van der Waals surface area contributed by atoms with E-state index < -0.39 is 63.9 Å². The van der Waals surface area contributed by atoms with Crippen LogP contribution < -0.4 is 0 Å². The van der Waals surface area contributed by atoms with Crippen molar-refractivity contribution in [2.24, 2.45) is 51.2 Å². The van der Waals surface area contributed by atoms with Crippen LogP contribution in [-0.2, 0) is 14.4 Å². The van der Waals surface area contributed by atoms with Crippen LogP contribution >= 0.6 is 0 Å². The zero-order chi connectivity index (χ0) is 37.3. The van der Waals surface area contributed by atoms with E-state index in [0.29, 0.717) is 36.8 Å². The number of allylic oxidation sites excluding steroid dienone is 1. The summed E-state index contributed by atoms with van der Waals surface area (Å²) in [5.41, 5.74) is -0.992. The number of hydrogen-bond donors (Lipinski definition) is 5. The van der Waals surface area contributed by atoms with Crippen molar-refractivity contribution >= 4 is 23.6 Å². The molecule has 8 heteroatoms. The fourth-order valence-electron chi connectivity index (χ4n) is 12.3. The van der Waals surface area contributed by atoms with Crippen molar-refractivity contribution in [3.05, 3.63) is 64.8 Å². The summed E-state index contributed by atoms with van der Waals surface area (Å²) in [6.45, 7) is 11.8. The summed E-state index contributed by atoms with van der Waals surface area (Å²) in [7, 11) is 0. The monoisotopic (exact) mass is 702 g/mol. The van der Waals surface area contributed by atoms with Crippen LogP contribution in [0, 0.1) is 51.2 Å². The number of benzene rings is 1. The van der Waals surface area contributed by atoms with E-state index in [0.717, 1.165) is 24.8 Å². The van der Waals surface area contributed by atoms with Gasteiger partial charge in [0, 0.05) is 52.1 Å². The smallest absolute Gasteiger partial charge is 0.331 e. The van der Waals surface area contributed by atoms with Gasteiger partial charge < -0.3 is 25.5 Å². The number of aliphatic hydroxyl groups is 4. The molecule has 0 spiro atoms. The van der Waals surface area contributed by atoms with E-state index in [1.807, 2.05) is 56.3 Å². The number of carboxylic acid groups (broad SMARTS) is 1. The lowest BCUT2D eigenvalue weighted by atomic mass is 9.38. The van der Waals surface area contributed by atoms with E-state index in [9.17, 15) is 35.1 Å². The lowest BCUT2D eigenvalue weighted by Crippen LogP contribution is -2.65. The number of carboxylic acids is 1. The first-order chi connectivity index (χ1) is 23.9. The van der Waals surface area contributed by atoms with E-state index in [4.69, 9.17) is 0 Å². The van der Waals surface area contributed by atoms with Crippen LogP contribution in [0.3, 0.4) is 0 Å². The standard InChI is InChI=1S/C43H58O8/c1-24(44)20-27(39(50)51)22-28(45)21-26-14-10-11-15-30-37(49)34-35(43(6)33(47)23-31(26)42(30,43)5)36(48)29(17-16-25-12-8-7-9-13-25)38-40(2,3)32(46)18-19-41(34,38)4/h7-9,12-13,16-17,22,24,26,28-31,33,36,38,44-45,47-48H,10-11,14-15,18-21,23H2,1-6H3,(H,50,51). The second-order valence-corrected chi connectivity index (χ2v) is 17.8. The highest BCUT2D eigenvalue weighted by Gasteiger charge is 2.74. The number of ketones is 2. The number of Topliss-reactive ketones (excluding diaryl/α,β-unsaturated/α-hetero) is 2. The maximum atomic E-state index is 15.4. The molecule has 5 aliphatic carbocycles. The Morgan fingerprint density at radius 2 is 1.67 bits per heavy atom. The summed E-state index contributed by atoms with van der Waals surface area (Å²) in [5.74, 6) is -2.51. The minimum atomic E-state index is -1.18. The quantitative estimate of drug-likeness (QED) is 0.198. The number of rotatable bonds is 8. The molecule has 0 saturated heterocycles. The van der Waals surface area contributed by atoms with E-state index >= 15 is 4.79 Å². The molecule has 1 aromatic carbocycles. The zero-order valence-electron chi connectivity index (χ0n) is 31.1. The molecule has 0 aromatic heterocycles. The van der Waals surface area contributed by atoms with E-state index in [2.05, 4.69) is 20.8 Å². The predicted octanol–water partition coefficient (Wildman–Crippen LogP) is 6.31. The van der Waals surface area contributed by atoms with Crippen molar-refractivity contribution in [2.75, 3.05) is 0 Å². The van der Waals surface area contributed by atoms with Gasteiger partial charge in [-0.1, -0.05) is 96.4 Å². The minimum Gasteiger partial charge on any atom is -0.478 e. The molecule has 0 aliphatic heterocycles. The molecule has 5 aliphatic rings. The SMILES string of the molecule is CC(O)CC(=CC(O)CC1CCCCC2C(=O)C3=C(C(O)C(C=Cc4ccccc4)C4C(C)(C)C(=O)CCC34C)C3(C)C(O)CC1C23C)C(=O)O. The van der Waals surface area contributed by atoms with Gasteiger partial charge in [0.1, 0.15) is 5.78 Å². The number of hydrogen-bond acceptors (Lipinski definition) is 7. The first-order valence-corrected chi connectivity index (χ1v) is 19.1. The number of fused-ring (bicyclic) bond motifs is 3. The van der Waals surface area contributed by atoms with Gasteiger partial charge >= 0.3 is 5.97 Å². The third-order valence-corrected chi connectivity index (χ3v) is 14.7. The molecule has 1 aromatic rings. The summed E-state index contributed by atoms with van der Waals surface area (Å²) >= 11 is 0. The van der Waals surface area contributed by atoms with E-state index in [-0.39, 0.29) is 47.7 Å². The molecule has 6 rings (SSSR count). The molecule has 12 unspecified atom stereocenters. The molecule has 0 bridgehead atoms. The Kier molecular flexibility index (Phi) is 10.0. The third kappa shape index (κ3) is 5.84. The first-order valence-electron chi connectivity index (χ1n) is 19.1. The lowest BCUT2D eigenvalue weighted by molar-refractivity contribution is -0.157. The summed E-state index contributed by atoms with van der Waals surface area (Å²) in [6, 6.07) is 9.86. The molecular weight excluding hydrogens is 644 g/mol. The molecule has 278 valence electrons. The minimum absolute atomic E-state index is 0.0389. The van der Waals surface area contributed by atoms with Crippen LogP contribution in [-0.4, -0.2) is 67.5 Å². The number of carbonyl (C=O) groups is 3. The Bertz CT molecular complexity index is 1640. The van der Waals surface area contributed by atoms with Crippen LogP contribution in [0.5, 0.6) is 0 Å². The summed E-state index contributed by atoms with van der Waals surface area (Å²) in [4.78, 5) is 41.0. The molecule has 3 saturated carbocycles. The van der Waals surface area contributed by atoms with Gasteiger partial charge in [-0.15, -0.1) is 0 Å². The first kappa shape index (κ1) is 37.8. The summed E-state index contributed by atoms with van der Waals surface area (Å²) in [6.07, 6.45) is 5.98. The Morgan fingerprint density at radius 1 is 1.00 bits per heavy atom. The maximum Gasteiger partial charge on any atom is 0.331 e. The average molecular weight is 703 g/mol. The average Bonchev–Trinajstić information content (AvgIpc) is 3.26. The van der Waals surface area contributed by atoms with Gasteiger partial charge in [-0.2, -0.15) is 0 Å². The van der Waals surface area contributed by atoms with Crippen LogP contribution in [0.1, 0.15) is 105 Å². The molecule has 0 amide bonds. The second kappa shape index (κ2) is 13.5. The van der Waals surface area contributed by atoms with Crippen molar-refractivity contribution in [1.29, 1.82) is 0 Å². The molecule has 0 heterocycles. The van der Waals surface area contributed by atoms with E-state index in [1.54, 1.807) is 0 Å². The molecule has 3 fully saturated rings. The lowest BCUT2D eigenvalue weighted by Gasteiger charge is -2.65. The number of aliphatic carboxylic acids is 1. The molecule has 8 nitrogen and oxygen atoms in total. The fourth-order valence-corrected chi connectivity index (χ4v) is 12.3. The van der Waals surface area contributed by atoms with Gasteiger partial charge in [-0.25, -0.2) is 4.79 Å². The summed E-state index contributed by atoms with van der Waals surface area (Å²) in [5, 5.41) is 56.1. The van der Waals surface area contributed by atoms with Crippen LogP contribution in [0.4, 0.5) is 0 Å². The molecule has 12 atom stereocenters. The highest BCUT2D eigenvalue weighted by Crippen LogP contribution is 2.74. The van der Waals surface area contributed by atoms with Gasteiger partial charge in [0.05, 0.1) is 24.4 Å². The summed E-state index contributed by atoms with van der Waals surface area (Å²) < 4.78 is 0. The Labute approximate surface area is 302 Å². The van der Waals surface area contributed by atoms with Crippen molar-refractivity contribution in [2.45, 2.75) is 124 Å². The van der Waals surface area contributed by atoms with Crippen LogP contribution in [0.15, 0.2) is 59.2 Å². The number of aliphatic hydroxyl groups excluding tert-OH is 4. The van der Waals surface area contributed by atoms with Gasteiger partial charge in [0.2, 0.25) is 0 Å². The molecule has 0 radical (unpaired) electrons. The topological polar surface area (TPSA) is 152 Å². The van der Waals surface area contributed by atoms with Crippen LogP contribution in [0.2, 0.25) is 0 Å². The highest BCUT2D eigenvalue weighted by atomic mass is 16.4. The molecule has 51 heavy (non-hydrogen) atoms. The van der Waals surface area contributed by atoms with E-state index in [1.165, 1.54) is 13.0 Å². The molecular formula is C43H58O8. The Morgan fingerprint density at radius 3 is 2.31 bits per heavy atom. The maximum absolute atomic E-state index is 15.4. The largest absolute Gasteiger partial charge is 0.478 e. The second-order valence-electron chi connectivity index (χ2n) is 17.8. The Balaban J connectivity index is 1.49. The Hall–Kier alpha value is -2.91. The van der Waals surface area contributed by atoms with Gasteiger partial charge in [-0.05, 0) is 73.0 Å². The predicted molar refractivity (Wildman–Crippen MR) is 195 cm³/mol. The normalized spacial score (nSPS) is 40.6. The van der Waals surface area contributed by atoms with Gasteiger partial charge in [0.25, 0.3) is 0 Å². The van der Waals surface area contributed by atoms with Gasteiger partial charge in [0.15, 0.2) is 5.78 Å². The zero-order valence-corrected chi connectivity index (χ0v) is 31.1. The third-order valence-electron chi connectivity index (χ3n) is 14.7. The van der Waals surface area contributed by atoms with Crippen LogP contribution in [0.25, 0.3) is 6.08 Å². The van der Waals surface area contributed by atoms with Crippen molar-refractivity contribution in [3.63, 3.8) is 0 Å². The number of carbonyl (C=O) groups excluding carboxylic acids is 2. The molecule has 5 N–H and O–H groups in total. The van der Waals surface area contributed by atoms with Crippen molar-refractivity contribution < 1.29 is 39.9 Å². The fraction of sp³-hybridized carbons (Fsp3) is 0.651.